The Balaban J connectivity index is 1.62. The fourth-order valence-electron chi connectivity index (χ4n) is 2.31. The van der Waals surface area contributed by atoms with Crippen molar-refractivity contribution in [1.29, 1.82) is 0 Å². The molecule has 2 atom stereocenters. The fraction of sp³-hybridized carbons (Fsp3) is 0.769. The van der Waals surface area contributed by atoms with Crippen molar-refractivity contribution in [2.75, 3.05) is 26.3 Å². The maximum Gasteiger partial charge on any atom is 0.249 e. The summed E-state index contributed by atoms with van der Waals surface area (Å²) in [5.74, 6) is 0.204. The standard InChI is InChI=1S/C13H19NO3/c15-13(10-4-2-1-3-5-10)14(6-11-8-16-11)7-12-9-17-12/h4,11-12H,1-3,5-9H2. The Kier molecular flexibility index (Phi) is 3.16. The van der Waals surface area contributed by atoms with Crippen molar-refractivity contribution in [3.63, 3.8) is 0 Å². The lowest BCUT2D eigenvalue weighted by Crippen LogP contribution is -2.38. The number of nitrogens with zero attached hydrogens (tertiary/aromatic N) is 1. The minimum Gasteiger partial charge on any atom is -0.371 e. The Morgan fingerprint density at radius 1 is 1.24 bits per heavy atom. The molecule has 2 saturated heterocycles. The largest absolute Gasteiger partial charge is 0.371 e. The maximum absolute atomic E-state index is 12.4. The molecule has 2 fully saturated rings. The molecule has 1 amide bonds. The quantitative estimate of drug-likeness (QED) is 0.673. The molecule has 94 valence electrons. The van der Waals surface area contributed by atoms with Crippen LogP contribution in [0.1, 0.15) is 25.7 Å². The van der Waals surface area contributed by atoms with Gasteiger partial charge in [0.15, 0.2) is 0 Å². The molecule has 2 unspecified atom stereocenters. The van der Waals surface area contributed by atoms with Crippen LogP contribution in [0.2, 0.25) is 0 Å². The highest BCUT2D eigenvalue weighted by molar-refractivity contribution is 5.93. The van der Waals surface area contributed by atoms with Crippen LogP contribution in [0.25, 0.3) is 0 Å². The van der Waals surface area contributed by atoms with E-state index in [-0.39, 0.29) is 18.1 Å². The van der Waals surface area contributed by atoms with Crippen molar-refractivity contribution in [3.05, 3.63) is 11.6 Å². The van der Waals surface area contributed by atoms with E-state index < -0.39 is 0 Å². The predicted molar refractivity (Wildman–Crippen MR) is 62.6 cm³/mol. The number of allylic oxidation sites excluding steroid dienone is 1. The van der Waals surface area contributed by atoms with Crippen LogP contribution in [0.5, 0.6) is 0 Å². The Bertz CT molecular complexity index is 318. The molecule has 17 heavy (non-hydrogen) atoms. The summed E-state index contributed by atoms with van der Waals surface area (Å²) < 4.78 is 10.4. The summed E-state index contributed by atoms with van der Waals surface area (Å²) in [6.07, 6.45) is 6.99. The highest BCUT2D eigenvalue weighted by Gasteiger charge is 2.33. The third-order valence-electron chi connectivity index (χ3n) is 3.51. The van der Waals surface area contributed by atoms with Gasteiger partial charge in [0.05, 0.1) is 25.4 Å². The average Bonchev–Trinajstić information content (AvgIpc) is 3.23. The zero-order chi connectivity index (χ0) is 11.7. The van der Waals surface area contributed by atoms with Gasteiger partial charge in [-0.05, 0) is 25.7 Å². The first-order valence-corrected chi connectivity index (χ1v) is 6.54. The van der Waals surface area contributed by atoms with Gasteiger partial charge in [0.1, 0.15) is 0 Å². The van der Waals surface area contributed by atoms with E-state index in [9.17, 15) is 4.79 Å². The molecule has 3 rings (SSSR count). The summed E-state index contributed by atoms with van der Waals surface area (Å²) in [6.45, 7) is 3.06. The summed E-state index contributed by atoms with van der Waals surface area (Å²) in [4.78, 5) is 14.3. The number of rotatable bonds is 5. The van der Waals surface area contributed by atoms with E-state index in [4.69, 9.17) is 9.47 Å². The molecule has 0 radical (unpaired) electrons. The number of ether oxygens (including phenoxy) is 2. The summed E-state index contributed by atoms with van der Waals surface area (Å²) in [5, 5.41) is 0. The van der Waals surface area contributed by atoms with Crippen LogP contribution in [-0.2, 0) is 14.3 Å². The van der Waals surface area contributed by atoms with Crippen LogP contribution in [-0.4, -0.2) is 49.3 Å². The van der Waals surface area contributed by atoms with Crippen molar-refractivity contribution < 1.29 is 14.3 Å². The van der Waals surface area contributed by atoms with Crippen LogP contribution in [0.3, 0.4) is 0 Å². The van der Waals surface area contributed by atoms with Crippen LogP contribution in [0, 0.1) is 0 Å². The van der Waals surface area contributed by atoms with Gasteiger partial charge in [0, 0.05) is 18.7 Å². The molecule has 0 aromatic heterocycles. The van der Waals surface area contributed by atoms with Crippen molar-refractivity contribution in [1.82, 2.24) is 4.90 Å². The number of carbonyl (C=O) groups is 1. The Hall–Kier alpha value is -0.870. The Morgan fingerprint density at radius 3 is 2.35 bits per heavy atom. The van der Waals surface area contributed by atoms with E-state index in [1.165, 1.54) is 6.42 Å². The third-order valence-corrected chi connectivity index (χ3v) is 3.51. The van der Waals surface area contributed by atoms with Gasteiger partial charge >= 0.3 is 0 Å². The first-order chi connectivity index (χ1) is 8.33. The topological polar surface area (TPSA) is 45.4 Å². The zero-order valence-electron chi connectivity index (χ0n) is 10.1. The Morgan fingerprint density at radius 2 is 1.88 bits per heavy atom. The smallest absolute Gasteiger partial charge is 0.249 e. The van der Waals surface area contributed by atoms with Gasteiger partial charge in [-0.1, -0.05) is 6.08 Å². The molecule has 0 saturated carbocycles. The zero-order valence-corrected chi connectivity index (χ0v) is 10.1. The molecule has 0 aromatic rings. The summed E-state index contributed by atoms with van der Waals surface area (Å²) in [5.41, 5.74) is 0.998. The fourth-order valence-corrected chi connectivity index (χ4v) is 2.31. The molecular weight excluding hydrogens is 218 g/mol. The number of epoxide rings is 2. The molecule has 0 aromatic carbocycles. The molecule has 4 nitrogen and oxygen atoms in total. The Labute approximate surface area is 102 Å². The van der Waals surface area contributed by atoms with Crippen molar-refractivity contribution in [2.24, 2.45) is 0 Å². The number of amides is 1. The normalized spacial score (nSPS) is 30.7. The first-order valence-electron chi connectivity index (χ1n) is 6.54. The van der Waals surface area contributed by atoms with E-state index in [0.29, 0.717) is 0 Å². The summed E-state index contributed by atoms with van der Waals surface area (Å²) in [7, 11) is 0. The molecule has 0 spiro atoms. The van der Waals surface area contributed by atoms with Gasteiger partial charge in [-0.25, -0.2) is 0 Å². The second-order valence-electron chi connectivity index (χ2n) is 5.10. The summed E-state index contributed by atoms with van der Waals surface area (Å²) in [6, 6.07) is 0. The molecule has 0 N–H and O–H groups in total. The van der Waals surface area contributed by atoms with Gasteiger partial charge in [-0.15, -0.1) is 0 Å². The summed E-state index contributed by atoms with van der Waals surface area (Å²) >= 11 is 0. The minimum absolute atomic E-state index is 0.204. The van der Waals surface area contributed by atoms with Crippen LogP contribution in [0.4, 0.5) is 0 Å². The van der Waals surface area contributed by atoms with Gasteiger partial charge in [-0.3, -0.25) is 4.79 Å². The van der Waals surface area contributed by atoms with Crippen LogP contribution >= 0.6 is 0 Å². The highest BCUT2D eigenvalue weighted by Crippen LogP contribution is 2.22. The SMILES string of the molecule is O=C(C1=CCCCC1)N(CC1CO1)CC1CO1. The molecule has 2 aliphatic heterocycles. The van der Waals surface area contributed by atoms with Crippen molar-refractivity contribution >= 4 is 5.91 Å². The second kappa shape index (κ2) is 4.78. The van der Waals surface area contributed by atoms with E-state index in [0.717, 1.165) is 51.1 Å². The van der Waals surface area contributed by atoms with Gasteiger partial charge in [0.2, 0.25) is 5.91 Å². The van der Waals surface area contributed by atoms with Gasteiger partial charge in [-0.2, -0.15) is 0 Å². The number of hydrogen-bond donors (Lipinski definition) is 0. The lowest BCUT2D eigenvalue weighted by Gasteiger charge is -2.23. The lowest BCUT2D eigenvalue weighted by atomic mass is 9.98. The molecule has 3 aliphatic rings. The highest BCUT2D eigenvalue weighted by atomic mass is 16.6. The second-order valence-corrected chi connectivity index (χ2v) is 5.10. The van der Waals surface area contributed by atoms with Crippen LogP contribution < -0.4 is 0 Å². The third kappa shape index (κ3) is 3.07. The molecular formula is C13H19NO3. The monoisotopic (exact) mass is 237 g/mol. The number of carbonyl (C=O) groups excluding carboxylic acids is 1. The minimum atomic E-state index is 0.204. The average molecular weight is 237 g/mol. The van der Waals surface area contributed by atoms with Crippen molar-refractivity contribution in [2.45, 2.75) is 37.9 Å². The lowest BCUT2D eigenvalue weighted by molar-refractivity contribution is -0.127. The molecule has 1 aliphatic carbocycles. The maximum atomic E-state index is 12.4. The van der Waals surface area contributed by atoms with Gasteiger partial charge < -0.3 is 14.4 Å². The van der Waals surface area contributed by atoms with Crippen LogP contribution in [0.15, 0.2) is 11.6 Å². The van der Waals surface area contributed by atoms with Crippen molar-refractivity contribution in [3.8, 4) is 0 Å². The van der Waals surface area contributed by atoms with E-state index in [2.05, 4.69) is 6.08 Å². The van der Waals surface area contributed by atoms with E-state index in [1.54, 1.807) is 0 Å². The van der Waals surface area contributed by atoms with Gasteiger partial charge in [0.25, 0.3) is 0 Å². The van der Waals surface area contributed by atoms with E-state index >= 15 is 0 Å². The molecule has 0 bridgehead atoms. The van der Waals surface area contributed by atoms with E-state index in [1.807, 2.05) is 4.90 Å². The first kappa shape index (κ1) is 11.2. The number of hydrogen-bond acceptors (Lipinski definition) is 3. The molecule has 4 heteroatoms. The predicted octanol–water partition coefficient (Wildman–Crippen LogP) is 1.11. The molecule has 2 heterocycles.